The van der Waals surface area contributed by atoms with Crippen LogP contribution in [0.4, 0.5) is 27.5 Å². The smallest absolute Gasteiger partial charge is 0.231 e. The molecule has 2 aromatic heterocycles. The molecule has 4 aromatic rings. The van der Waals surface area contributed by atoms with Gasteiger partial charge < -0.3 is 30.3 Å². The van der Waals surface area contributed by atoms with Crippen LogP contribution in [0.3, 0.4) is 0 Å². The molecule has 2 aliphatic rings. The first-order valence-corrected chi connectivity index (χ1v) is 16.1. The third-order valence-corrected chi connectivity index (χ3v) is 8.74. The lowest BCUT2D eigenvalue weighted by Gasteiger charge is -2.34. The summed E-state index contributed by atoms with van der Waals surface area (Å²) in [6.45, 7) is 11.6. The third kappa shape index (κ3) is 7.31. The van der Waals surface area contributed by atoms with Crippen molar-refractivity contribution in [3.05, 3.63) is 71.7 Å². The minimum absolute atomic E-state index is 0.0520. The molecule has 242 valence electrons. The van der Waals surface area contributed by atoms with Crippen LogP contribution in [0.15, 0.2) is 54.7 Å². The van der Waals surface area contributed by atoms with Gasteiger partial charge in [-0.15, -0.1) is 0 Å². The quantitative estimate of drug-likeness (QED) is 0.215. The van der Waals surface area contributed by atoms with Crippen molar-refractivity contribution in [3.8, 4) is 0 Å². The van der Waals surface area contributed by atoms with E-state index in [1.54, 1.807) is 6.20 Å². The third-order valence-electron chi connectivity index (χ3n) is 8.74. The van der Waals surface area contributed by atoms with Gasteiger partial charge in [-0.1, -0.05) is 20.8 Å². The lowest BCUT2D eigenvalue weighted by Crippen LogP contribution is -2.44. The van der Waals surface area contributed by atoms with Gasteiger partial charge in [0.05, 0.1) is 10.9 Å². The predicted molar refractivity (Wildman–Crippen MR) is 180 cm³/mol. The molecular formula is C35H43FN8O2. The van der Waals surface area contributed by atoms with Gasteiger partial charge in [0.25, 0.3) is 0 Å². The van der Waals surface area contributed by atoms with E-state index >= 15 is 0 Å². The molecule has 1 amide bonds. The Morgan fingerprint density at radius 2 is 1.61 bits per heavy atom. The predicted octanol–water partition coefficient (Wildman–Crippen LogP) is 5.66. The summed E-state index contributed by atoms with van der Waals surface area (Å²) >= 11 is 0. The number of H-pyrrole nitrogens is 1. The van der Waals surface area contributed by atoms with Crippen molar-refractivity contribution in [3.63, 3.8) is 0 Å². The fourth-order valence-corrected chi connectivity index (χ4v) is 6.11. The van der Waals surface area contributed by atoms with E-state index in [1.165, 1.54) is 30.0 Å². The number of likely N-dealkylation sites (N-methyl/N-ethyl adjacent to an activating group) is 1. The summed E-state index contributed by atoms with van der Waals surface area (Å²) in [5.74, 6) is 0.454. The van der Waals surface area contributed by atoms with Crippen molar-refractivity contribution in [1.29, 1.82) is 0 Å². The summed E-state index contributed by atoms with van der Waals surface area (Å²) in [5.41, 5.74) is 3.26. The number of fused-ring (bicyclic) bond motifs is 1. The van der Waals surface area contributed by atoms with Crippen LogP contribution in [-0.4, -0.2) is 88.8 Å². The van der Waals surface area contributed by atoms with E-state index in [-0.39, 0.29) is 23.1 Å². The number of nitrogens with one attached hydrogen (secondary N) is 3. The highest BCUT2D eigenvalue weighted by molar-refractivity contribution is 6.18. The summed E-state index contributed by atoms with van der Waals surface area (Å²) in [7, 11) is 2.15. The number of carbonyl (C=O) groups is 2. The second-order valence-electron chi connectivity index (χ2n) is 13.7. The van der Waals surface area contributed by atoms with Crippen molar-refractivity contribution in [1.82, 2.24) is 24.8 Å². The molecule has 0 saturated carbocycles. The van der Waals surface area contributed by atoms with Crippen LogP contribution in [0.25, 0.3) is 11.0 Å². The fourth-order valence-electron chi connectivity index (χ4n) is 6.11. The van der Waals surface area contributed by atoms with Crippen molar-refractivity contribution >= 4 is 45.9 Å². The van der Waals surface area contributed by atoms with Crippen molar-refractivity contribution in [2.45, 2.75) is 46.1 Å². The molecule has 2 fully saturated rings. The maximum atomic E-state index is 13.6. The molecule has 0 radical (unpaired) electrons. The molecule has 0 spiro atoms. The number of piperidine rings is 1. The Balaban J connectivity index is 1.25. The van der Waals surface area contributed by atoms with Crippen LogP contribution in [-0.2, 0) is 4.79 Å². The van der Waals surface area contributed by atoms with Gasteiger partial charge in [0.15, 0.2) is 5.78 Å². The zero-order valence-corrected chi connectivity index (χ0v) is 27.1. The number of benzene rings is 2. The lowest BCUT2D eigenvalue weighted by molar-refractivity contribution is -0.134. The first-order valence-electron chi connectivity index (χ1n) is 16.1. The Hall–Kier alpha value is -4.51. The maximum Gasteiger partial charge on any atom is 0.231 e. The summed E-state index contributed by atoms with van der Waals surface area (Å²) < 4.78 is 13.6. The SMILES string of the molecule is CN1CCN(c2ccc(Nc3nc(NC4CCN(C(=O)CC(C)(C)C)CC4)c4c(C(=O)c5ccc(F)cc5)c[nH]c4n3)cc2)CC1. The number of aromatic nitrogens is 3. The van der Waals surface area contributed by atoms with E-state index in [0.29, 0.717) is 53.4 Å². The van der Waals surface area contributed by atoms with Crippen molar-refractivity contribution < 1.29 is 14.0 Å². The van der Waals surface area contributed by atoms with Gasteiger partial charge in [0.1, 0.15) is 17.3 Å². The van der Waals surface area contributed by atoms with Gasteiger partial charge >= 0.3 is 0 Å². The highest BCUT2D eigenvalue weighted by Crippen LogP contribution is 2.31. The number of halogens is 1. The Morgan fingerprint density at radius 3 is 2.26 bits per heavy atom. The molecule has 0 aliphatic carbocycles. The molecule has 3 N–H and O–H groups in total. The molecule has 2 aliphatic heterocycles. The van der Waals surface area contributed by atoms with E-state index in [1.807, 2.05) is 17.0 Å². The maximum absolute atomic E-state index is 13.6. The van der Waals surface area contributed by atoms with E-state index in [0.717, 1.165) is 44.7 Å². The number of anilines is 4. The lowest BCUT2D eigenvalue weighted by atomic mass is 9.91. The normalized spacial score (nSPS) is 16.5. The van der Waals surface area contributed by atoms with Gasteiger partial charge in [0, 0.05) is 74.9 Å². The average molecular weight is 627 g/mol. The minimum Gasteiger partial charge on any atom is -0.369 e. The number of rotatable bonds is 8. The van der Waals surface area contributed by atoms with Crippen LogP contribution >= 0.6 is 0 Å². The van der Waals surface area contributed by atoms with Gasteiger partial charge in [-0.2, -0.15) is 9.97 Å². The fraction of sp³-hybridized carbons (Fsp3) is 0.429. The van der Waals surface area contributed by atoms with Gasteiger partial charge in [0.2, 0.25) is 11.9 Å². The largest absolute Gasteiger partial charge is 0.369 e. The first kappa shape index (κ1) is 31.5. The standard InChI is InChI=1S/C35H43FN8O2/c1-35(2,3)21-29(45)44-15-13-26(14-16-44)38-33-30-28(31(46)23-5-7-24(36)8-6-23)22-37-32(30)40-34(41-33)39-25-9-11-27(12-10-25)43-19-17-42(4)18-20-43/h5-12,22,26H,13-21H2,1-4H3,(H3,37,38,39,40,41). The molecule has 11 heteroatoms. The topological polar surface area (TPSA) is 109 Å². The molecule has 10 nitrogen and oxygen atoms in total. The number of piperazine rings is 1. The minimum atomic E-state index is -0.402. The number of ketones is 1. The average Bonchev–Trinajstić information content (AvgIpc) is 3.46. The van der Waals surface area contributed by atoms with Crippen LogP contribution in [0.2, 0.25) is 0 Å². The second-order valence-corrected chi connectivity index (χ2v) is 13.7. The highest BCUT2D eigenvalue weighted by Gasteiger charge is 2.28. The Morgan fingerprint density at radius 1 is 0.935 bits per heavy atom. The van der Waals surface area contributed by atoms with E-state index in [4.69, 9.17) is 9.97 Å². The molecule has 46 heavy (non-hydrogen) atoms. The van der Waals surface area contributed by atoms with Gasteiger partial charge in [-0.25, -0.2) is 4.39 Å². The van der Waals surface area contributed by atoms with Gasteiger partial charge in [-0.3, -0.25) is 9.59 Å². The van der Waals surface area contributed by atoms with Crippen molar-refractivity contribution in [2.75, 3.05) is 61.8 Å². The van der Waals surface area contributed by atoms with Crippen LogP contribution < -0.4 is 15.5 Å². The summed E-state index contributed by atoms with van der Waals surface area (Å²) in [6.07, 6.45) is 3.66. The molecule has 0 bridgehead atoms. The molecule has 0 unspecified atom stereocenters. The number of hydrogen-bond acceptors (Lipinski definition) is 8. The summed E-state index contributed by atoms with van der Waals surface area (Å²) in [6, 6.07) is 13.8. The van der Waals surface area contributed by atoms with E-state index in [9.17, 15) is 14.0 Å². The Kier molecular flexibility index (Phi) is 8.95. The zero-order chi connectivity index (χ0) is 32.4. The number of hydrogen-bond donors (Lipinski definition) is 3. The molecule has 6 rings (SSSR count). The number of likely N-dealkylation sites (tertiary alicyclic amines) is 1. The summed E-state index contributed by atoms with van der Waals surface area (Å²) in [5, 5.41) is 7.51. The van der Waals surface area contributed by atoms with Gasteiger partial charge in [-0.05, 0) is 73.8 Å². The number of aromatic amines is 1. The van der Waals surface area contributed by atoms with Crippen LogP contribution in [0.5, 0.6) is 0 Å². The molecule has 0 atom stereocenters. The second kappa shape index (κ2) is 13.1. The summed E-state index contributed by atoms with van der Waals surface area (Å²) in [4.78, 5) is 45.8. The molecule has 2 saturated heterocycles. The van der Waals surface area contributed by atoms with Crippen LogP contribution in [0.1, 0.15) is 56.0 Å². The van der Waals surface area contributed by atoms with Crippen molar-refractivity contribution in [2.24, 2.45) is 5.41 Å². The number of amides is 1. The Labute approximate surface area is 269 Å². The molecular weight excluding hydrogens is 583 g/mol. The number of nitrogens with zero attached hydrogens (tertiary/aromatic N) is 5. The van der Waals surface area contributed by atoms with Crippen LogP contribution in [0, 0.1) is 11.2 Å². The molecule has 2 aromatic carbocycles. The monoisotopic (exact) mass is 626 g/mol. The first-order chi connectivity index (χ1) is 22.0. The molecule has 4 heterocycles. The highest BCUT2D eigenvalue weighted by atomic mass is 19.1. The number of carbonyl (C=O) groups excluding carboxylic acids is 2. The van der Waals surface area contributed by atoms with E-state index < -0.39 is 5.82 Å². The zero-order valence-electron chi connectivity index (χ0n) is 27.1. The van der Waals surface area contributed by atoms with E-state index in [2.05, 4.69) is 65.4 Å². The Bertz CT molecular complexity index is 1680.